The first-order valence-corrected chi connectivity index (χ1v) is 18.1. The number of nitrogens with one attached hydrogen (secondary N) is 3. The van der Waals surface area contributed by atoms with E-state index in [1.54, 1.807) is 0 Å². The van der Waals surface area contributed by atoms with Gasteiger partial charge in [0, 0.05) is 30.6 Å². The standard InChI is InChI=1S/C29H57N3O10S2/c1-29(2,3)42-28(34)32-10-12-36-14-16-38-18-20-40-22-24-41-23-21-39-19-17-37-15-13-35-11-9-31-27(33)30-8-5-4-6-26-7-25-43-44-26/h26H,4-25H2,1-3H3,(H,32,34)(H2,30,31,33). The molecular weight excluding hydrogens is 614 g/mol. The summed E-state index contributed by atoms with van der Waals surface area (Å²) in [6.07, 6.45) is 4.28. The minimum Gasteiger partial charge on any atom is -0.444 e. The van der Waals surface area contributed by atoms with Crippen LogP contribution in [0.15, 0.2) is 0 Å². The van der Waals surface area contributed by atoms with Crippen molar-refractivity contribution in [3.63, 3.8) is 0 Å². The summed E-state index contributed by atoms with van der Waals surface area (Å²) in [6, 6.07) is -0.142. The van der Waals surface area contributed by atoms with Gasteiger partial charge in [0.05, 0.1) is 92.5 Å². The van der Waals surface area contributed by atoms with Crippen LogP contribution >= 0.6 is 21.6 Å². The van der Waals surface area contributed by atoms with Gasteiger partial charge in [0.25, 0.3) is 0 Å². The third-order valence-corrected chi connectivity index (χ3v) is 8.65. The summed E-state index contributed by atoms with van der Waals surface area (Å²) in [7, 11) is 3.98. The average Bonchev–Trinajstić information content (AvgIpc) is 3.49. The number of alkyl carbamates (subject to hydrolysis) is 1. The van der Waals surface area contributed by atoms with Crippen molar-refractivity contribution in [2.45, 2.75) is 57.3 Å². The van der Waals surface area contributed by atoms with Gasteiger partial charge in [-0.3, -0.25) is 0 Å². The first kappa shape index (κ1) is 41.0. The monoisotopic (exact) mass is 671 g/mol. The van der Waals surface area contributed by atoms with Crippen LogP contribution in [0.1, 0.15) is 46.5 Å². The molecule has 260 valence electrons. The van der Waals surface area contributed by atoms with E-state index in [0.29, 0.717) is 112 Å². The summed E-state index contributed by atoms with van der Waals surface area (Å²) in [5.74, 6) is 1.27. The van der Waals surface area contributed by atoms with Crippen molar-refractivity contribution in [2.75, 3.05) is 118 Å². The van der Waals surface area contributed by atoms with E-state index in [2.05, 4.69) is 16.0 Å². The van der Waals surface area contributed by atoms with Crippen LogP contribution < -0.4 is 16.0 Å². The summed E-state index contributed by atoms with van der Waals surface area (Å²) in [5.41, 5.74) is -0.511. The molecule has 0 aromatic heterocycles. The number of carbonyl (C=O) groups excluding carboxylic acids is 2. The zero-order valence-corrected chi connectivity index (χ0v) is 28.7. The Labute approximate surface area is 271 Å². The summed E-state index contributed by atoms with van der Waals surface area (Å²) in [6.45, 7) is 13.6. The summed E-state index contributed by atoms with van der Waals surface area (Å²) in [4.78, 5) is 23.2. The highest BCUT2D eigenvalue weighted by Crippen LogP contribution is 2.39. The first-order valence-electron chi connectivity index (χ1n) is 15.7. The fraction of sp³-hybridized carbons (Fsp3) is 0.931. The second-order valence-electron chi connectivity index (χ2n) is 10.7. The molecule has 0 saturated carbocycles. The molecule has 3 amide bonds. The van der Waals surface area contributed by atoms with Crippen LogP contribution in [-0.2, 0) is 37.9 Å². The van der Waals surface area contributed by atoms with E-state index in [-0.39, 0.29) is 6.03 Å². The summed E-state index contributed by atoms with van der Waals surface area (Å²) < 4.78 is 43.3. The molecule has 1 saturated heterocycles. The Morgan fingerprint density at radius 3 is 1.48 bits per heavy atom. The normalized spacial score (nSPS) is 14.9. The van der Waals surface area contributed by atoms with Crippen molar-refractivity contribution in [3.05, 3.63) is 0 Å². The molecule has 1 aliphatic rings. The number of urea groups is 1. The number of hydrogen-bond donors (Lipinski definition) is 3. The molecule has 1 atom stereocenters. The molecule has 3 N–H and O–H groups in total. The minimum absolute atomic E-state index is 0.142. The summed E-state index contributed by atoms with van der Waals surface area (Å²) in [5, 5.41) is 9.12. The van der Waals surface area contributed by atoms with E-state index in [4.69, 9.17) is 37.9 Å². The maximum atomic E-state index is 11.8. The van der Waals surface area contributed by atoms with Gasteiger partial charge in [-0.05, 0) is 40.0 Å². The zero-order valence-electron chi connectivity index (χ0n) is 27.0. The highest BCUT2D eigenvalue weighted by atomic mass is 33.1. The smallest absolute Gasteiger partial charge is 0.407 e. The van der Waals surface area contributed by atoms with Crippen LogP contribution in [0.25, 0.3) is 0 Å². The number of rotatable bonds is 29. The quantitative estimate of drug-likeness (QED) is 0.0793. The lowest BCUT2D eigenvalue weighted by Gasteiger charge is -2.19. The van der Waals surface area contributed by atoms with Crippen LogP contribution in [-0.4, -0.2) is 141 Å². The van der Waals surface area contributed by atoms with Crippen molar-refractivity contribution < 1.29 is 47.5 Å². The number of carbonyl (C=O) groups is 2. The number of hydrogen-bond acceptors (Lipinski definition) is 12. The Hall–Kier alpha value is -1.04. The highest BCUT2D eigenvalue weighted by molar-refractivity contribution is 8.77. The molecule has 1 aliphatic heterocycles. The molecule has 1 unspecified atom stereocenters. The molecule has 1 heterocycles. The van der Waals surface area contributed by atoms with Crippen LogP contribution in [0.3, 0.4) is 0 Å². The van der Waals surface area contributed by atoms with E-state index in [9.17, 15) is 9.59 Å². The lowest BCUT2D eigenvalue weighted by Crippen LogP contribution is -2.37. The maximum Gasteiger partial charge on any atom is 0.407 e. The Morgan fingerprint density at radius 2 is 1.05 bits per heavy atom. The third-order valence-electron chi connectivity index (χ3n) is 5.64. The molecular formula is C29H57N3O10S2. The largest absolute Gasteiger partial charge is 0.444 e. The lowest BCUT2D eigenvalue weighted by atomic mass is 10.1. The van der Waals surface area contributed by atoms with Gasteiger partial charge in [-0.25, -0.2) is 9.59 Å². The van der Waals surface area contributed by atoms with E-state index >= 15 is 0 Å². The Balaban J connectivity index is 1.66. The second-order valence-corrected chi connectivity index (χ2v) is 13.5. The van der Waals surface area contributed by atoms with Gasteiger partial charge in [-0.2, -0.15) is 0 Å². The first-order chi connectivity index (χ1) is 21.4. The Bertz CT molecular complexity index is 686. The van der Waals surface area contributed by atoms with E-state index in [0.717, 1.165) is 18.1 Å². The number of unbranched alkanes of at least 4 members (excludes halogenated alkanes) is 1. The summed E-state index contributed by atoms with van der Waals surface area (Å²) >= 11 is 0. The SMILES string of the molecule is CC(C)(C)OC(=O)NCCOCCOCCOCCOCCOCCOCCOCCNC(=O)NCCCCC1CCSS1. The van der Waals surface area contributed by atoms with Crippen LogP contribution in [0.5, 0.6) is 0 Å². The maximum absolute atomic E-state index is 11.8. The van der Waals surface area contributed by atoms with Crippen molar-refractivity contribution in [3.8, 4) is 0 Å². The number of ether oxygens (including phenoxy) is 8. The topological polar surface area (TPSA) is 144 Å². The highest BCUT2D eigenvalue weighted by Gasteiger charge is 2.16. The van der Waals surface area contributed by atoms with Crippen molar-refractivity contribution >= 4 is 33.7 Å². The molecule has 0 aromatic carbocycles. The second kappa shape index (κ2) is 29.4. The van der Waals surface area contributed by atoms with E-state index in [1.807, 2.05) is 42.4 Å². The molecule has 44 heavy (non-hydrogen) atoms. The molecule has 0 aliphatic carbocycles. The lowest BCUT2D eigenvalue weighted by molar-refractivity contribution is -0.0203. The molecule has 15 heteroatoms. The van der Waals surface area contributed by atoms with Crippen molar-refractivity contribution in [2.24, 2.45) is 0 Å². The van der Waals surface area contributed by atoms with Crippen LogP contribution in [0, 0.1) is 0 Å². The molecule has 13 nitrogen and oxygen atoms in total. The van der Waals surface area contributed by atoms with Gasteiger partial charge in [-0.1, -0.05) is 28.0 Å². The molecule has 1 fully saturated rings. The van der Waals surface area contributed by atoms with Gasteiger partial charge in [0.1, 0.15) is 5.60 Å². The van der Waals surface area contributed by atoms with Gasteiger partial charge in [-0.15, -0.1) is 0 Å². The van der Waals surface area contributed by atoms with Crippen molar-refractivity contribution in [1.29, 1.82) is 0 Å². The van der Waals surface area contributed by atoms with E-state index in [1.165, 1.54) is 18.6 Å². The molecule has 1 rings (SSSR count). The predicted molar refractivity (Wildman–Crippen MR) is 174 cm³/mol. The van der Waals surface area contributed by atoms with E-state index < -0.39 is 11.7 Å². The van der Waals surface area contributed by atoms with Gasteiger partial charge < -0.3 is 53.8 Å². The van der Waals surface area contributed by atoms with Crippen molar-refractivity contribution in [1.82, 2.24) is 16.0 Å². The third kappa shape index (κ3) is 29.7. The minimum atomic E-state index is -0.511. The Morgan fingerprint density at radius 1 is 0.614 bits per heavy atom. The average molecular weight is 672 g/mol. The Kier molecular flexibility index (Phi) is 27.4. The fourth-order valence-electron chi connectivity index (χ4n) is 3.52. The van der Waals surface area contributed by atoms with Crippen LogP contribution in [0.4, 0.5) is 9.59 Å². The van der Waals surface area contributed by atoms with Gasteiger partial charge in [0.2, 0.25) is 0 Å². The van der Waals surface area contributed by atoms with Gasteiger partial charge in [0.15, 0.2) is 0 Å². The predicted octanol–water partition coefficient (Wildman–Crippen LogP) is 3.25. The van der Waals surface area contributed by atoms with Gasteiger partial charge >= 0.3 is 12.1 Å². The molecule has 0 radical (unpaired) electrons. The molecule has 0 bridgehead atoms. The molecule has 0 aromatic rings. The fourth-order valence-corrected chi connectivity index (χ4v) is 6.55. The zero-order chi connectivity index (χ0) is 32.0. The van der Waals surface area contributed by atoms with Crippen LogP contribution in [0.2, 0.25) is 0 Å². The molecule has 0 spiro atoms. The number of amides is 3.